The SMILES string of the molecule is CCN(CC)C(=O)C(C)N(CC(=O)O)C1CCS(=O)(=O)C1. The molecule has 0 aromatic carbocycles. The molecule has 0 bridgehead atoms. The Morgan fingerprint density at radius 3 is 2.24 bits per heavy atom. The second-order valence-electron chi connectivity index (χ2n) is 5.31. The highest BCUT2D eigenvalue weighted by atomic mass is 32.2. The van der Waals surface area contributed by atoms with Crippen molar-refractivity contribution < 1.29 is 23.1 Å². The maximum atomic E-state index is 12.4. The minimum atomic E-state index is -3.13. The molecule has 0 aliphatic carbocycles. The summed E-state index contributed by atoms with van der Waals surface area (Å²) in [5.41, 5.74) is 0. The number of aliphatic carboxylic acids is 1. The number of carbonyl (C=O) groups is 2. The van der Waals surface area contributed by atoms with E-state index in [1.54, 1.807) is 11.8 Å². The Bertz CT molecular complexity index is 487. The van der Waals surface area contributed by atoms with Gasteiger partial charge in [-0.3, -0.25) is 14.5 Å². The van der Waals surface area contributed by atoms with Gasteiger partial charge in [0.1, 0.15) is 0 Å². The van der Waals surface area contributed by atoms with Gasteiger partial charge < -0.3 is 10.0 Å². The molecule has 122 valence electrons. The van der Waals surface area contributed by atoms with Gasteiger partial charge >= 0.3 is 5.97 Å². The monoisotopic (exact) mass is 320 g/mol. The van der Waals surface area contributed by atoms with Crippen molar-refractivity contribution in [2.75, 3.05) is 31.1 Å². The van der Waals surface area contributed by atoms with Crippen molar-refractivity contribution in [1.82, 2.24) is 9.80 Å². The molecule has 1 amide bonds. The molecular weight excluding hydrogens is 296 g/mol. The second kappa shape index (κ2) is 7.22. The Morgan fingerprint density at radius 1 is 1.29 bits per heavy atom. The van der Waals surface area contributed by atoms with Crippen LogP contribution in [0.25, 0.3) is 0 Å². The molecule has 21 heavy (non-hydrogen) atoms. The average Bonchev–Trinajstić information content (AvgIpc) is 2.76. The summed E-state index contributed by atoms with van der Waals surface area (Å²) >= 11 is 0. The van der Waals surface area contributed by atoms with Crippen LogP contribution in [-0.4, -0.2) is 78.4 Å². The molecule has 0 aromatic rings. The number of nitrogens with zero attached hydrogens (tertiary/aromatic N) is 2. The number of sulfone groups is 1. The van der Waals surface area contributed by atoms with Gasteiger partial charge in [0.05, 0.1) is 24.1 Å². The summed E-state index contributed by atoms with van der Waals surface area (Å²) in [6, 6.07) is -1.04. The van der Waals surface area contributed by atoms with Crippen molar-refractivity contribution in [1.29, 1.82) is 0 Å². The average molecular weight is 320 g/mol. The number of amides is 1. The second-order valence-corrected chi connectivity index (χ2v) is 7.54. The van der Waals surface area contributed by atoms with Crippen molar-refractivity contribution in [3.63, 3.8) is 0 Å². The molecule has 2 unspecified atom stereocenters. The first-order valence-corrected chi connectivity index (χ1v) is 9.00. The molecule has 1 N–H and O–H groups in total. The Kier molecular flexibility index (Phi) is 6.15. The van der Waals surface area contributed by atoms with E-state index < -0.39 is 27.9 Å². The smallest absolute Gasteiger partial charge is 0.317 e. The number of rotatable bonds is 7. The van der Waals surface area contributed by atoms with Gasteiger partial charge in [-0.05, 0) is 27.2 Å². The van der Waals surface area contributed by atoms with Crippen molar-refractivity contribution in [3.05, 3.63) is 0 Å². The van der Waals surface area contributed by atoms with Crippen LogP contribution in [0.15, 0.2) is 0 Å². The van der Waals surface area contributed by atoms with E-state index in [-0.39, 0.29) is 24.0 Å². The minimum Gasteiger partial charge on any atom is -0.480 e. The largest absolute Gasteiger partial charge is 0.480 e. The van der Waals surface area contributed by atoms with Gasteiger partial charge in [0.2, 0.25) is 5.91 Å². The van der Waals surface area contributed by atoms with E-state index in [0.717, 1.165) is 0 Å². The molecule has 0 saturated carbocycles. The highest BCUT2D eigenvalue weighted by Gasteiger charge is 2.38. The molecule has 0 radical (unpaired) electrons. The fourth-order valence-electron chi connectivity index (χ4n) is 2.72. The topological polar surface area (TPSA) is 95.0 Å². The fourth-order valence-corrected chi connectivity index (χ4v) is 4.46. The third kappa shape index (κ3) is 4.67. The summed E-state index contributed by atoms with van der Waals surface area (Å²) < 4.78 is 23.2. The molecule has 8 heteroatoms. The van der Waals surface area contributed by atoms with Crippen molar-refractivity contribution in [2.24, 2.45) is 0 Å². The van der Waals surface area contributed by atoms with E-state index >= 15 is 0 Å². The van der Waals surface area contributed by atoms with Gasteiger partial charge in [-0.1, -0.05) is 0 Å². The molecule has 1 fully saturated rings. The Labute approximate surface area is 125 Å². The fraction of sp³-hybridized carbons (Fsp3) is 0.846. The lowest BCUT2D eigenvalue weighted by Crippen LogP contribution is -2.53. The third-order valence-corrected chi connectivity index (χ3v) is 5.68. The van der Waals surface area contributed by atoms with Crippen LogP contribution in [-0.2, 0) is 19.4 Å². The van der Waals surface area contributed by atoms with Crippen LogP contribution in [0.3, 0.4) is 0 Å². The first kappa shape index (κ1) is 17.9. The molecule has 1 rings (SSSR count). The van der Waals surface area contributed by atoms with E-state index in [1.807, 2.05) is 13.8 Å². The van der Waals surface area contributed by atoms with E-state index in [2.05, 4.69) is 0 Å². The maximum absolute atomic E-state index is 12.4. The van der Waals surface area contributed by atoms with E-state index in [4.69, 9.17) is 5.11 Å². The first-order chi connectivity index (χ1) is 9.71. The normalized spacial score (nSPS) is 22.2. The van der Waals surface area contributed by atoms with Crippen molar-refractivity contribution in [3.8, 4) is 0 Å². The van der Waals surface area contributed by atoms with Gasteiger partial charge in [0, 0.05) is 19.1 Å². The Balaban J connectivity index is 2.92. The molecule has 1 aliphatic heterocycles. The van der Waals surface area contributed by atoms with Crippen LogP contribution in [0, 0.1) is 0 Å². The molecule has 7 nitrogen and oxygen atoms in total. The molecule has 1 heterocycles. The summed E-state index contributed by atoms with van der Waals surface area (Å²) in [7, 11) is -3.13. The van der Waals surface area contributed by atoms with Gasteiger partial charge in [0.15, 0.2) is 9.84 Å². The van der Waals surface area contributed by atoms with E-state index in [1.165, 1.54) is 4.90 Å². The highest BCUT2D eigenvalue weighted by molar-refractivity contribution is 7.91. The third-order valence-electron chi connectivity index (χ3n) is 3.93. The lowest BCUT2D eigenvalue weighted by atomic mass is 10.1. The van der Waals surface area contributed by atoms with E-state index in [0.29, 0.717) is 19.5 Å². The zero-order valence-corrected chi connectivity index (χ0v) is 13.6. The van der Waals surface area contributed by atoms with Crippen LogP contribution < -0.4 is 0 Å². The Hall–Kier alpha value is -1.15. The number of carboxylic acid groups (broad SMARTS) is 1. The van der Waals surface area contributed by atoms with Gasteiger partial charge in [-0.15, -0.1) is 0 Å². The molecule has 0 aromatic heterocycles. The molecule has 1 aliphatic rings. The Morgan fingerprint density at radius 2 is 1.86 bits per heavy atom. The van der Waals surface area contributed by atoms with Gasteiger partial charge in [-0.2, -0.15) is 0 Å². The summed E-state index contributed by atoms with van der Waals surface area (Å²) in [6.07, 6.45) is 0.380. The summed E-state index contributed by atoms with van der Waals surface area (Å²) in [5, 5.41) is 9.04. The quantitative estimate of drug-likeness (QED) is 0.699. The molecular formula is C13H24N2O5S. The standard InChI is InChI=1S/C13H24N2O5S/c1-4-14(5-2)13(18)10(3)15(8-12(16)17)11-6-7-21(19,20)9-11/h10-11H,4-9H2,1-3H3,(H,16,17). The van der Waals surface area contributed by atoms with E-state index in [9.17, 15) is 18.0 Å². The minimum absolute atomic E-state index is 0.0555. The highest BCUT2D eigenvalue weighted by Crippen LogP contribution is 2.20. The van der Waals surface area contributed by atoms with Crippen molar-refractivity contribution in [2.45, 2.75) is 39.3 Å². The van der Waals surface area contributed by atoms with Crippen LogP contribution in [0.1, 0.15) is 27.2 Å². The summed E-state index contributed by atoms with van der Waals surface area (Å²) in [4.78, 5) is 26.6. The van der Waals surface area contributed by atoms with Crippen molar-refractivity contribution >= 4 is 21.7 Å². The zero-order chi connectivity index (χ0) is 16.2. The summed E-state index contributed by atoms with van der Waals surface area (Å²) in [5.74, 6) is -1.24. The van der Waals surface area contributed by atoms with Gasteiger partial charge in [-0.25, -0.2) is 8.42 Å². The predicted octanol–water partition coefficient (Wildman–Crippen LogP) is -0.183. The zero-order valence-electron chi connectivity index (χ0n) is 12.8. The lowest BCUT2D eigenvalue weighted by molar-refractivity contribution is -0.143. The first-order valence-electron chi connectivity index (χ1n) is 7.18. The van der Waals surface area contributed by atoms with Gasteiger partial charge in [0.25, 0.3) is 0 Å². The van der Waals surface area contributed by atoms with Crippen LogP contribution in [0.4, 0.5) is 0 Å². The number of hydrogen-bond donors (Lipinski definition) is 1. The predicted molar refractivity (Wildman–Crippen MR) is 78.8 cm³/mol. The molecule has 0 spiro atoms. The van der Waals surface area contributed by atoms with Crippen LogP contribution in [0.2, 0.25) is 0 Å². The maximum Gasteiger partial charge on any atom is 0.317 e. The van der Waals surface area contributed by atoms with Crippen LogP contribution in [0.5, 0.6) is 0 Å². The number of carboxylic acids is 1. The summed E-state index contributed by atoms with van der Waals surface area (Å²) in [6.45, 7) is 6.13. The lowest BCUT2D eigenvalue weighted by Gasteiger charge is -2.34. The molecule has 1 saturated heterocycles. The number of carbonyl (C=O) groups excluding carboxylic acids is 1. The van der Waals surface area contributed by atoms with Crippen LogP contribution >= 0.6 is 0 Å². The molecule has 2 atom stereocenters. The number of likely N-dealkylation sites (N-methyl/N-ethyl adjacent to an activating group) is 1. The number of hydrogen-bond acceptors (Lipinski definition) is 5.